The molecule has 1 unspecified atom stereocenters. The van der Waals surface area contributed by atoms with Gasteiger partial charge < -0.3 is 5.32 Å². The molecule has 4 heteroatoms. The lowest BCUT2D eigenvalue weighted by Gasteiger charge is -2.20. The number of likely N-dealkylation sites (N-methyl/N-ethyl adjacent to an activating group) is 1. The Morgan fingerprint density at radius 3 is 3.08 bits per heavy atom. The van der Waals surface area contributed by atoms with Crippen LogP contribution in [0.25, 0.3) is 0 Å². The molecule has 1 aromatic heterocycles. The van der Waals surface area contributed by atoms with E-state index in [4.69, 9.17) is 11.6 Å². The first-order valence-electron chi connectivity index (χ1n) is 4.24. The maximum absolute atomic E-state index is 5.94. The quantitative estimate of drug-likeness (QED) is 0.793. The van der Waals surface area contributed by atoms with Crippen molar-refractivity contribution in [2.24, 2.45) is 0 Å². The molecule has 74 valence electrons. The number of hydrogen-bond donors (Lipinski definition) is 1. The first-order chi connectivity index (χ1) is 5.79. The molecule has 0 spiro atoms. The molecule has 1 atom stereocenters. The molecule has 0 bridgehead atoms. The Kier molecular flexibility index (Phi) is 4.05. The zero-order chi connectivity index (χ0) is 8.55. The fourth-order valence-corrected chi connectivity index (χ4v) is 3.14. The molecule has 1 nitrogen and oxygen atoms in total. The van der Waals surface area contributed by atoms with Crippen molar-refractivity contribution >= 4 is 35.3 Å². The van der Waals surface area contributed by atoms with Crippen LogP contribution < -0.4 is 5.32 Å². The summed E-state index contributed by atoms with van der Waals surface area (Å²) in [6, 6.07) is 2.78. The summed E-state index contributed by atoms with van der Waals surface area (Å²) in [5.41, 5.74) is 1.47. The van der Waals surface area contributed by atoms with Crippen LogP contribution in [0.1, 0.15) is 16.9 Å². The van der Waals surface area contributed by atoms with E-state index in [0.29, 0.717) is 6.04 Å². The SMILES string of the molecule is CNC1CCc2cc(Cl)sc2C1.Cl. The number of thiophene rings is 1. The third-order valence-electron chi connectivity index (χ3n) is 2.47. The van der Waals surface area contributed by atoms with Gasteiger partial charge in [-0.3, -0.25) is 0 Å². The number of aryl methyl sites for hydroxylation is 1. The predicted octanol–water partition coefficient (Wildman–Crippen LogP) is 2.90. The number of hydrogen-bond acceptors (Lipinski definition) is 2. The molecule has 0 saturated heterocycles. The van der Waals surface area contributed by atoms with Crippen LogP contribution in [-0.4, -0.2) is 13.1 Å². The van der Waals surface area contributed by atoms with Crippen molar-refractivity contribution in [3.05, 3.63) is 20.8 Å². The van der Waals surface area contributed by atoms with Gasteiger partial charge in [-0.2, -0.15) is 0 Å². The minimum absolute atomic E-state index is 0. The van der Waals surface area contributed by atoms with Crippen LogP contribution in [-0.2, 0) is 12.8 Å². The van der Waals surface area contributed by atoms with Crippen LogP contribution >= 0.6 is 35.3 Å². The fourth-order valence-electron chi connectivity index (χ4n) is 1.72. The van der Waals surface area contributed by atoms with Gasteiger partial charge in [0.2, 0.25) is 0 Å². The Labute approximate surface area is 93.9 Å². The number of nitrogens with one attached hydrogen (secondary N) is 1. The normalized spacial score (nSPS) is 20.6. The number of fused-ring (bicyclic) bond motifs is 1. The summed E-state index contributed by atoms with van der Waals surface area (Å²) in [5, 5.41) is 3.32. The second-order valence-electron chi connectivity index (χ2n) is 3.23. The highest BCUT2D eigenvalue weighted by Gasteiger charge is 2.19. The highest BCUT2D eigenvalue weighted by atomic mass is 35.5. The first-order valence-corrected chi connectivity index (χ1v) is 5.43. The summed E-state index contributed by atoms with van der Waals surface area (Å²) in [5.74, 6) is 0. The third kappa shape index (κ3) is 2.38. The van der Waals surface area contributed by atoms with Crippen LogP contribution in [0, 0.1) is 0 Å². The van der Waals surface area contributed by atoms with Gasteiger partial charge in [-0.1, -0.05) is 11.6 Å². The van der Waals surface area contributed by atoms with E-state index in [2.05, 4.69) is 11.4 Å². The van der Waals surface area contributed by atoms with Crippen molar-refractivity contribution < 1.29 is 0 Å². The zero-order valence-corrected chi connectivity index (χ0v) is 9.86. The van der Waals surface area contributed by atoms with Gasteiger partial charge in [0.25, 0.3) is 0 Å². The van der Waals surface area contributed by atoms with E-state index in [0.717, 1.165) is 10.8 Å². The summed E-state index contributed by atoms with van der Waals surface area (Å²) < 4.78 is 0.941. The highest BCUT2D eigenvalue weighted by molar-refractivity contribution is 7.16. The maximum Gasteiger partial charge on any atom is 0.0934 e. The lowest BCUT2D eigenvalue weighted by molar-refractivity contribution is 0.501. The van der Waals surface area contributed by atoms with Crippen molar-refractivity contribution in [3.8, 4) is 0 Å². The molecular formula is C9H13Cl2NS. The Morgan fingerprint density at radius 2 is 2.38 bits per heavy atom. The van der Waals surface area contributed by atoms with Gasteiger partial charge in [0.15, 0.2) is 0 Å². The molecule has 1 N–H and O–H groups in total. The first kappa shape index (κ1) is 11.3. The lowest BCUT2D eigenvalue weighted by Crippen LogP contribution is -2.30. The summed E-state index contributed by atoms with van der Waals surface area (Å²) >= 11 is 7.67. The number of halogens is 2. The van der Waals surface area contributed by atoms with E-state index in [1.165, 1.54) is 23.3 Å². The van der Waals surface area contributed by atoms with Crippen molar-refractivity contribution in [3.63, 3.8) is 0 Å². The Bertz CT molecular complexity index is 285. The van der Waals surface area contributed by atoms with Crippen molar-refractivity contribution in [1.29, 1.82) is 0 Å². The lowest BCUT2D eigenvalue weighted by atomic mass is 9.95. The summed E-state index contributed by atoms with van der Waals surface area (Å²) in [6.45, 7) is 0. The van der Waals surface area contributed by atoms with Gasteiger partial charge in [0.1, 0.15) is 0 Å². The van der Waals surface area contributed by atoms with E-state index < -0.39 is 0 Å². The molecule has 1 aliphatic carbocycles. The van der Waals surface area contributed by atoms with E-state index in [1.807, 2.05) is 7.05 Å². The van der Waals surface area contributed by atoms with Gasteiger partial charge in [-0.15, -0.1) is 23.7 Å². The molecule has 13 heavy (non-hydrogen) atoms. The monoisotopic (exact) mass is 237 g/mol. The van der Waals surface area contributed by atoms with Crippen LogP contribution in [0.4, 0.5) is 0 Å². The molecule has 0 aromatic carbocycles. The second kappa shape index (κ2) is 4.65. The van der Waals surface area contributed by atoms with Crippen LogP contribution in [0.2, 0.25) is 4.34 Å². The highest BCUT2D eigenvalue weighted by Crippen LogP contribution is 2.32. The molecule has 0 saturated carbocycles. The summed E-state index contributed by atoms with van der Waals surface area (Å²) in [4.78, 5) is 1.48. The predicted molar refractivity (Wildman–Crippen MR) is 61.4 cm³/mol. The molecule has 0 amide bonds. The van der Waals surface area contributed by atoms with Gasteiger partial charge in [-0.25, -0.2) is 0 Å². The molecule has 0 radical (unpaired) electrons. The van der Waals surface area contributed by atoms with Crippen LogP contribution in [0.5, 0.6) is 0 Å². The van der Waals surface area contributed by atoms with Gasteiger partial charge in [0.05, 0.1) is 4.34 Å². The van der Waals surface area contributed by atoms with E-state index >= 15 is 0 Å². The minimum Gasteiger partial charge on any atom is -0.317 e. The van der Waals surface area contributed by atoms with E-state index in [1.54, 1.807) is 11.3 Å². The van der Waals surface area contributed by atoms with E-state index in [9.17, 15) is 0 Å². The minimum atomic E-state index is 0. The van der Waals surface area contributed by atoms with Crippen molar-refractivity contribution in [2.45, 2.75) is 25.3 Å². The van der Waals surface area contributed by atoms with Crippen LogP contribution in [0.15, 0.2) is 6.07 Å². The standard InChI is InChI=1S/C9H12ClNS.ClH/c1-11-7-3-2-6-4-9(10)12-8(6)5-7;/h4,7,11H,2-3,5H2,1H3;1H. The van der Waals surface area contributed by atoms with Gasteiger partial charge in [-0.05, 0) is 37.9 Å². The fraction of sp³-hybridized carbons (Fsp3) is 0.556. The Hall–Kier alpha value is 0.240. The average Bonchev–Trinajstić information content (AvgIpc) is 2.43. The zero-order valence-electron chi connectivity index (χ0n) is 7.47. The molecule has 1 aliphatic rings. The van der Waals surface area contributed by atoms with Crippen LogP contribution in [0.3, 0.4) is 0 Å². The van der Waals surface area contributed by atoms with Gasteiger partial charge >= 0.3 is 0 Å². The maximum atomic E-state index is 5.94. The molecule has 2 rings (SSSR count). The van der Waals surface area contributed by atoms with E-state index in [-0.39, 0.29) is 12.4 Å². The van der Waals surface area contributed by atoms with Crippen molar-refractivity contribution in [1.82, 2.24) is 5.32 Å². The molecule has 1 heterocycles. The molecular weight excluding hydrogens is 225 g/mol. The number of rotatable bonds is 1. The summed E-state index contributed by atoms with van der Waals surface area (Å²) in [7, 11) is 2.03. The average molecular weight is 238 g/mol. The topological polar surface area (TPSA) is 12.0 Å². The molecule has 0 aliphatic heterocycles. The summed E-state index contributed by atoms with van der Waals surface area (Å²) in [6.07, 6.45) is 3.59. The Balaban J connectivity index is 0.000000845. The van der Waals surface area contributed by atoms with Crippen molar-refractivity contribution in [2.75, 3.05) is 7.05 Å². The smallest absolute Gasteiger partial charge is 0.0934 e. The Morgan fingerprint density at radius 1 is 1.62 bits per heavy atom. The van der Waals surface area contributed by atoms with Gasteiger partial charge in [0, 0.05) is 10.9 Å². The third-order valence-corrected chi connectivity index (χ3v) is 3.80. The molecule has 0 fully saturated rings. The molecule has 1 aromatic rings. The largest absolute Gasteiger partial charge is 0.317 e. The second-order valence-corrected chi connectivity index (χ2v) is 5.00.